The van der Waals surface area contributed by atoms with Gasteiger partial charge in [0.25, 0.3) is 0 Å². The van der Waals surface area contributed by atoms with Gasteiger partial charge in [-0.05, 0) is 51.8 Å². The Kier molecular flexibility index (Phi) is 4.45. The zero-order valence-corrected chi connectivity index (χ0v) is 15.4. The van der Waals surface area contributed by atoms with Crippen LogP contribution in [0.3, 0.4) is 0 Å². The molecule has 0 radical (unpaired) electrons. The zero-order valence-electron chi connectivity index (χ0n) is 15.4. The van der Waals surface area contributed by atoms with Crippen LogP contribution in [-0.2, 0) is 10.3 Å². The molecular formula is C19H25N3O3. The summed E-state index contributed by atoms with van der Waals surface area (Å²) in [5.74, 6) is 1.20. The molecule has 0 spiro atoms. The van der Waals surface area contributed by atoms with Crippen LogP contribution < -0.4 is 10.1 Å². The first-order valence-corrected chi connectivity index (χ1v) is 8.55. The van der Waals surface area contributed by atoms with Gasteiger partial charge in [-0.25, -0.2) is 9.48 Å². The minimum atomic E-state index is -0.337. The first-order valence-electron chi connectivity index (χ1n) is 8.55. The Morgan fingerprint density at radius 3 is 2.88 bits per heavy atom. The lowest BCUT2D eigenvalue weighted by atomic mass is 9.89. The summed E-state index contributed by atoms with van der Waals surface area (Å²) in [7, 11) is 1.66. The van der Waals surface area contributed by atoms with Crippen molar-refractivity contribution in [1.29, 1.82) is 0 Å². The molecule has 1 aromatic heterocycles. The molecule has 1 atom stereocenters. The van der Waals surface area contributed by atoms with Gasteiger partial charge in [-0.1, -0.05) is 12.1 Å². The molecule has 0 fully saturated rings. The smallest absolute Gasteiger partial charge is 0.343 e. The highest BCUT2D eigenvalue weighted by Crippen LogP contribution is 2.41. The molecule has 0 aliphatic carbocycles. The van der Waals surface area contributed by atoms with Crippen molar-refractivity contribution < 1.29 is 14.3 Å². The Hall–Kier alpha value is -2.50. The Balaban J connectivity index is 2.04. The Morgan fingerprint density at radius 1 is 1.44 bits per heavy atom. The average Bonchev–Trinajstić information content (AvgIpc) is 2.92. The number of hydrogen-bond donors (Lipinski definition) is 1. The maximum atomic E-state index is 12.4. The standard InChI is InChI=1S/C19H25N3O3/c1-6-25-18(23)16-12(2)21-22-17(16)20-15(11-19(22,3)4)13-8-7-9-14(10-13)24-5/h7-10,15,20H,6,11H2,1-5H3. The molecule has 1 aliphatic rings. The van der Waals surface area contributed by atoms with Gasteiger partial charge in [0.1, 0.15) is 17.1 Å². The normalized spacial score (nSPS) is 18.2. The highest BCUT2D eigenvalue weighted by atomic mass is 16.5. The van der Waals surface area contributed by atoms with Gasteiger partial charge >= 0.3 is 5.97 Å². The molecule has 25 heavy (non-hydrogen) atoms. The van der Waals surface area contributed by atoms with E-state index in [4.69, 9.17) is 9.47 Å². The van der Waals surface area contributed by atoms with Crippen molar-refractivity contribution >= 4 is 11.8 Å². The van der Waals surface area contributed by atoms with Gasteiger partial charge in [0.05, 0.1) is 31.0 Å². The highest BCUT2D eigenvalue weighted by molar-refractivity contribution is 5.96. The fourth-order valence-corrected chi connectivity index (χ4v) is 3.41. The fraction of sp³-hybridized carbons (Fsp3) is 0.474. The highest BCUT2D eigenvalue weighted by Gasteiger charge is 2.38. The van der Waals surface area contributed by atoms with E-state index in [1.54, 1.807) is 14.0 Å². The summed E-state index contributed by atoms with van der Waals surface area (Å²) in [5.41, 5.74) is 2.08. The van der Waals surface area contributed by atoms with Crippen LogP contribution in [-0.4, -0.2) is 29.5 Å². The third-order valence-electron chi connectivity index (χ3n) is 4.62. The maximum absolute atomic E-state index is 12.4. The molecule has 1 N–H and O–H groups in total. The number of fused-ring (bicyclic) bond motifs is 1. The summed E-state index contributed by atoms with van der Waals surface area (Å²) < 4.78 is 12.5. The van der Waals surface area contributed by atoms with E-state index in [2.05, 4.69) is 30.3 Å². The lowest BCUT2D eigenvalue weighted by Crippen LogP contribution is -2.38. The lowest BCUT2D eigenvalue weighted by Gasteiger charge is -2.38. The molecule has 1 aliphatic heterocycles. The number of aromatic nitrogens is 2. The van der Waals surface area contributed by atoms with Crippen molar-refractivity contribution in [2.45, 2.75) is 45.7 Å². The van der Waals surface area contributed by atoms with Crippen LogP contribution in [0.1, 0.15) is 54.8 Å². The van der Waals surface area contributed by atoms with Gasteiger partial charge in [0.15, 0.2) is 0 Å². The van der Waals surface area contributed by atoms with Gasteiger partial charge in [-0.2, -0.15) is 5.10 Å². The number of rotatable bonds is 4. The Morgan fingerprint density at radius 2 is 2.20 bits per heavy atom. The van der Waals surface area contributed by atoms with E-state index < -0.39 is 0 Å². The van der Waals surface area contributed by atoms with Gasteiger partial charge in [0.2, 0.25) is 0 Å². The van der Waals surface area contributed by atoms with Crippen molar-refractivity contribution in [2.75, 3.05) is 19.0 Å². The molecular weight excluding hydrogens is 318 g/mol. The number of nitrogens with one attached hydrogen (secondary N) is 1. The first-order chi connectivity index (χ1) is 11.9. The number of carbonyl (C=O) groups excluding carboxylic acids is 1. The Bertz CT molecular complexity index is 795. The largest absolute Gasteiger partial charge is 0.497 e. The van der Waals surface area contributed by atoms with Crippen LogP contribution in [0.5, 0.6) is 5.75 Å². The number of anilines is 1. The number of esters is 1. The fourth-order valence-electron chi connectivity index (χ4n) is 3.41. The summed E-state index contributed by atoms with van der Waals surface area (Å²) in [6.07, 6.45) is 0.844. The Labute approximate surface area is 148 Å². The minimum absolute atomic E-state index is 0.0573. The molecule has 0 amide bonds. The summed E-state index contributed by atoms with van der Waals surface area (Å²) in [5, 5.41) is 8.09. The van der Waals surface area contributed by atoms with Crippen LogP contribution in [0.25, 0.3) is 0 Å². The molecule has 134 valence electrons. The summed E-state index contributed by atoms with van der Waals surface area (Å²) >= 11 is 0. The van der Waals surface area contributed by atoms with Crippen LogP contribution >= 0.6 is 0 Å². The first kappa shape index (κ1) is 17.3. The number of hydrogen-bond acceptors (Lipinski definition) is 5. The summed E-state index contributed by atoms with van der Waals surface area (Å²) in [6, 6.07) is 8.06. The molecule has 2 heterocycles. The van der Waals surface area contributed by atoms with E-state index in [-0.39, 0.29) is 17.6 Å². The zero-order chi connectivity index (χ0) is 18.2. The topological polar surface area (TPSA) is 65.4 Å². The number of nitrogens with zero attached hydrogens (tertiary/aromatic N) is 2. The molecule has 6 nitrogen and oxygen atoms in total. The molecule has 1 unspecified atom stereocenters. The van der Waals surface area contributed by atoms with E-state index in [1.807, 2.05) is 29.8 Å². The minimum Gasteiger partial charge on any atom is -0.497 e. The van der Waals surface area contributed by atoms with Gasteiger partial charge in [-0.3, -0.25) is 0 Å². The maximum Gasteiger partial charge on any atom is 0.343 e. The van der Waals surface area contributed by atoms with Crippen LogP contribution in [0, 0.1) is 6.92 Å². The van der Waals surface area contributed by atoms with Gasteiger partial charge in [0, 0.05) is 0 Å². The van der Waals surface area contributed by atoms with Gasteiger partial charge in [-0.15, -0.1) is 0 Å². The quantitative estimate of drug-likeness (QED) is 0.858. The molecule has 0 saturated heterocycles. The SMILES string of the molecule is CCOC(=O)c1c(C)nn2c1NC(c1cccc(OC)c1)CC2(C)C. The molecule has 6 heteroatoms. The molecule has 1 aromatic carbocycles. The van der Waals surface area contributed by atoms with Crippen molar-refractivity contribution in [1.82, 2.24) is 9.78 Å². The second-order valence-corrected chi connectivity index (χ2v) is 6.93. The third-order valence-corrected chi connectivity index (χ3v) is 4.62. The molecule has 2 aromatic rings. The second-order valence-electron chi connectivity index (χ2n) is 6.93. The lowest BCUT2D eigenvalue weighted by molar-refractivity contribution is 0.0526. The predicted molar refractivity (Wildman–Crippen MR) is 96.2 cm³/mol. The van der Waals surface area contributed by atoms with Crippen molar-refractivity contribution in [3.8, 4) is 5.75 Å². The number of benzene rings is 1. The molecule has 0 saturated carbocycles. The number of ether oxygens (including phenoxy) is 2. The number of carbonyl (C=O) groups is 1. The second kappa shape index (κ2) is 6.43. The monoisotopic (exact) mass is 343 g/mol. The van der Waals surface area contributed by atoms with E-state index in [9.17, 15) is 4.79 Å². The van der Waals surface area contributed by atoms with Crippen molar-refractivity contribution in [2.24, 2.45) is 0 Å². The predicted octanol–water partition coefficient (Wildman–Crippen LogP) is 3.67. The van der Waals surface area contributed by atoms with E-state index in [1.165, 1.54) is 0 Å². The van der Waals surface area contributed by atoms with Crippen molar-refractivity contribution in [3.05, 3.63) is 41.1 Å². The van der Waals surface area contributed by atoms with E-state index in [0.29, 0.717) is 17.9 Å². The average molecular weight is 343 g/mol. The van der Waals surface area contributed by atoms with Crippen LogP contribution in [0.15, 0.2) is 24.3 Å². The number of methoxy groups -OCH3 is 1. The van der Waals surface area contributed by atoms with Crippen LogP contribution in [0.2, 0.25) is 0 Å². The summed E-state index contributed by atoms with van der Waals surface area (Å²) in [4.78, 5) is 12.4. The third kappa shape index (κ3) is 3.08. The van der Waals surface area contributed by atoms with Crippen molar-refractivity contribution in [3.63, 3.8) is 0 Å². The molecule has 3 rings (SSSR count). The summed E-state index contributed by atoms with van der Waals surface area (Å²) in [6.45, 7) is 8.25. The van der Waals surface area contributed by atoms with E-state index in [0.717, 1.165) is 23.6 Å². The molecule has 0 bridgehead atoms. The van der Waals surface area contributed by atoms with Gasteiger partial charge < -0.3 is 14.8 Å². The number of aryl methyl sites for hydroxylation is 1. The van der Waals surface area contributed by atoms with Crippen LogP contribution in [0.4, 0.5) is 5.82 Å². The van der Waals surface area contributed by atoms with E-state index >= 15 is 0 Å².